The highest BCUT2D eigenvalue weighted by atomic mass is 79.9. The van der Waals surface area contributed by atoms with Crippen LogP contribution in [0.1, 0.15) is 5.56 Å². The fourth-order valence-corrected chi connectivity index (χ4v) is 2.09. The number of ether oxygens (including phenoxy) is 1. The highest BCUT2D eigenvalue weighted by molar-refractivity contribution is 9.10. The van der Waals surface area contributed by atoms with Gasteiger partial charge in [0.05, 0.1) is 35.1 Å². The minimum absolute atomic E-state index is 0.432. The minimum atomic E-state index is 0.432. The van der Waals surface area contributed by atoms with E-state index in [1.807, 2.05) is 6.07 Å². The van der Waals surface area contributed by atoms with Crippen molar-refractivity contribution in [3.05, 3.63) is 27.5 Å². The molecule has 4 nitrogen and oxygen atoms in total. The van der Waals surface area contributed by atoms with Crippen molar-refractivity contribution < 1.29 is 4.74 Å². The maximum atomic E-state index is 8.87. The second kappa shape index (κ2) is 3.72. The molecular weight excluding hydrogens is 281 g/mol. The Kier molecular flexibility index (Phi) is 2.55. The van der Waals surface area contributed by atoms with Gasteiger partial charge in [-0.2, -0.15) is 10.4 Å². The summed E-state index contributed by atoms with van der Waals surface area (Å²) in [5, 5.41) is 13.3. The van der Waals surface area contributed by atoms with Crippen molar-refractivity contribution in [3.8, 4) is 11.8 Å². The van der Waals surface area contributed by atoms with Crippen molar-refractivity contribution in [2.45, 2.75) is 0 Å². The smallest absolute Gasteiger partial charge is 0.156 e. The molecule has 0 atom stereocenters. The van der Waals surface area contributed by atoms with Crippen LogP contribution in [0.2, 0.25) is 5.02 Å². The van der Waals surface area contributed by atoms with E-state index in [9.17, 15) is 0 Å². The molecule has 0 aromatic carbocycles. The van der Waals surface area contributed by atoms with E-state index >= 15 is 0 Å². The van der Waals surface area contributed by atoms with Crippen molar-refractivity contribution in [1.82, 2.24) is 9.61 Å². The number of nitrogens with zero attached hydrogens (tertiary/aromatic N) is 3. The Bertz CT molecular complexity index is 573. The Morgan fingerprint density at radius 3 is 3.00 bits per heavy atom. The van der Waals surface area contributed by atoms with Gasteiger partial charge in [0.2, 0.25) is 0 Å². The Hall–Kier alpha value is -1.25. The topological polar surface area (TPSA) is 50.3 Å². The maximum absolute atomic E-state index is 8.87. The molecule has 6 heteroatoms. The fourth-order valence-electron chi connectivity index (χ4n) is 1.28. The standard InChI is InChI=1S/C9H5BrClN3O/c1-15-6-4-14-9(7(10)8(6)11)5(2-12)3-13-14/h3-4H,1H3. The van der Waals surface area contributed by atoms with Crippen LogP contribution in [0.3, 0.4) is 0 Å². The van der Waals surface area contributed by atoms with E-state index < -0.39 is 0 Å². The largest absolute Gasteiger partial charge is 0.494 e. The summed E-state index contributed by atoms with van der Waals surface area (Å²) in [6, 6.07) is 2.04. The molecule has 2 aromatic rings. The monoisotopic (exact) mass is 285 g/mol. The molecule has 0 saturated carbocycles. The highest BCUT2D eigenvalue weighted by Gasteiger charge is 2.14. The van der Waals surface area contributed by atoms with Crippen LogP contribution >= 0.6 is 27.5 Å². The van der Waals surface area contributed by atoms with Gasteiger partial charge in [-0.3, -0.25) is 0 Å². The summed E-state index contributed by atoms with van der Waals surface area (Å²) in [6.07, 6.45) is 3.11. The zero-order valence-electron chi connectivity index (χ0n) is 7.66. The summed E-state index contributed by atoms with van der Waals surface area (Å²) in [7, 11) is 1.52. The molecule has 2 rings (SSSR count). The Labute approximate surface area is 99.1 Å². The van der Waals surface area contributed by atoms with E-state index in [2.05, 4.69) is 21.0 Å². The molecule has 0 amide bonds. The molecule has 0 aliphatic heterocycles. The first-order valence-electron chi connectivity index (χ1n) is 3.98. The molecule has 2 heterocycles. The third kappa shape index (κ3) is 1.46. The van der Waals surface area contributed by atoms with E-state index in [1.54, 1.807) is 10.7 Å². The number of rotatable bonds is 1. The number of nitriles is 1. The average Bonchev–Trinajstić information content (AvgIpc) is 2.66. The molecule has 0 radical (unpaired) electrons. The minimum Gasteiger partial charge on any atom is -0.494 e. The van der Waals surface area contributed by atoms with Gasteiger partial charge in [0.1, 0.15) is 11.1 Å². The molecule has 0 aliphatic rings. The number of methoxy groups -OCH3 is 1. The molecule has 15 heavy (non-hydrogen) atoms. The Balaban J connectivity index is 2.89. The van der Waals surface area contributed by atoms with E-state index in [-0.39, 0.29) is 0 Å². The summed E-state index contributed by atoms with van der Waals surface area (Å²) in [5.41, 5.74) is 1.11. The molecule has 0 unspecified atom stereocenters. The van der Waals surface area contributed by atoms with Crippen molar-refractivity contribution in [3.63, 3.8) is 0 Å². The van der Waals surface area contributed by atoms with Crippen molar-refractivity contribution in [2.75, 3.05) is 7.11 Å². The zero-order valence-corrected chi connectivity index (χ0v) is 10.0. The van der Waals surface area contributed by atoms with Crippen LogP contribution in [0.5, 0.6) is 5.75 Å². The molecule has 76 valence electrons. The Morgan fingerprint density at radius 1 is 1.67 bits per heavy atom. The molecule has 0 spiro atoms. The number of fused-ring (bicyclic) bond motifs is 1. The van der Waals surface area contributed by atoms with Crippen LogP contribution in [0, 0.1) is 11.3 Å². The van der Waals surface area contributed by atoms with Gasteiger partial charge in [0.15, 0.2) is 5.75 Å². The predicted molar refractivity (Wildman–Crippen MR) is 59.2 cm³/mol. The number of pyridine rings is 1. The van der Waals surface area contributed by atoms with E-state index in [0.29, 0.717) is 26.3 Å². The number of halogens is 2. The van der Waals surface area contributed by atoms with Crippen LogP contribution in [-0.4, -0.2) is 16.7 Å². The van der Waals surface area contributed by atoms with E-state index in [1.165, 1.54) is 13.3 Å². The lowest BCUT2D eigenvalue weighted by Crippen LogP contribution is -1.93. The second-order valence-corrected chi connectivity index (χ2v) is 3.96. The van der Waals surface area contributed by atoms with Crippen molar-refractivity contribution >= 4 is 33.0 Å². The summed E-state index contributed by atoms with van der Waals surface area (Å²) < 4.78 is 7.23. The normalized spacial score (nSPS) is 10.3. The summed E-state index contributed by atoms with van der Waals surface area (Å²) >= 11 is 9.36. The van der Waals surface area contributed by atoms with Crippen LogP contribution in [-0.2, 0) is 0 Å². The van der Waals surface area contributed by atoms with Gasteiger partial charge in [-0.05, 0) is 15.9 Å². The van der Waals surface area contributed by atoms with Crippen molar-refractivity contribution in [1.29, 1.82) is 5.26 Å². The molecule has 2 aromatic heterocycles. The molecular formula is C9H5BrClN3O. The van der Waals surface area contributed by atoms with Gasteiger partial charge < -0.3 is 4.74 Å². The van der Waals surface area contributed by atoms with Gasteiger partial charge in [-0.1, -0.05) is 11.6 Å². The van der Waals surface area contributed by atoms with E-state index in [4.69, 9.17) is 21.6 Å². The van der Waals surface area contributed by atoms with Crippen LogP contribution in [0.15, 0.2) is 16.9 Å². The third-order valence-electron chi connectivity index (χ3n) is 1.99. The molecule has 0 fully saturated rings. The molecule has 0 bridgehead atoms. The lowest BCUT2D eigenvalue weighted by Gasteiger charge is -2.06. The number of hydrogen-bond donors (Lipinski definition) is 0. The molecule has 0 N–H and O–H groups in total. The first-order chi connectivity index (χ1) is 7.19. The highest BCUT2D eigenvalue weighted by Crippen LogP contribution is 2.36. The predicted octanol–water partition coefficient (Wildman–Crippen LogP) is 2.63. The first-order valence-corrected chi connectivity index (χ1v) is 5.15. The summed E-state index contributed by atoms with van der Waals surface area (Å²) in [6.45, 7) is 0. The third-order valence-corrected chi connectivity index (χ3v) is 3.37. The molecule has 0 saturated heterocycles. The lowest BCUT2D eigenvalue weighted by atomic mass is 10.3. The lowest BCUT2D eigenvalue weighted by molar-refractivity contribution is 0.411. The van der Waals surface area contributed by atoms with Crippen LogP contribution in [0.25, 0.3) is 5.52 Å². The van der Waals surface area contributed by atoms with Crippen LogP contribution < -0.4 is 4.74 Å². The summed E-state index contributed by atoms with van der Waals surface area (Å²) in [4.78, 5) is 0. The van der Waals surface area contributed by atoms with E-state index in [0.717, 1.165) is 0 Å². The van der Waals surface area contributed by atoms with Crippen LogP contribution in [0.4, 0.5) is 0 Å². The Morgan fingerprint density at radius 2 is 2.40 bits per heavy atom. The number of hydrogen-bond acceptors (Lipinski definition) is 3. The van der Waals surface area contributed by atoms with Gasteiger partial charge >= 0.3 is 0 Å². The SMILES string of the molecule is COc1cn2ncc(C#N)c2c(Br)c1Cl. The molecule has 0 aliphatic carbocycles. The van der Waals surface area contributed by atoms with Gasteiger partial charge in [0, 0.05) is 0 Å². The van der Waals surface area contributed by atoms with Gasteiger partial charge in [-0.15, -0.1) is 0 Å². The van der Waals surface area contributed by atoms with Gasteiger partial charge in [0.25, 0.3) is 0 Å². The quantitative estimate of drug-likeness (QED) is 0.810. The summed E-state index contributed by atoms with van der Waals surface area (Å²) in [5.74, 6) is 0.503. The van der Waals surface area contributed by atoms with Crippen molar-refractivity contribution in [2.24, 2.45) is 0 Å². The zero-order chi connectivity index (χ0) is 11.0. The fraction of sp³-hybridized carbons (Fsp3) is 0.111. The average molecular weight is 287 g/mol. The van der Waals surface area contributed by atoms with Gasteiger partial charge in [-0.25, -0.2) is 4.52 Å². The first kappa shape index (κ1) is 10.3. The maximum Gasteiger partial charge on any atom is 0.156 e. The number of aromatic nitrogens is 2. The second-order valence-electron chi connectivity index (χ2n) is 2.79.